The SMILES string of the molecule is CN(C)Cc1cccc(S(=O)(=O)NC(COCc2ccccc2)C(=O)NCc2ccc(-c3ccccc3-c3nnn[nH]3)cc2)c1. The Hall–Kier alpha value is -4.75. The number of hydrogen-bond donors (Lipinski definition) is 3. The molecule has 232 valence electrons. The third-order valence-corrected chi connectivity index (χ3v) is 8.45. The summed E-state index contributed by atoms with van der Waals surface area (Å²) in [5.41, 5.74) is 5.36. The number of ether oxygens (including phenoxy) is 1. The molecule has 45 heavy (non-hydrogen) atoms. The fourth-order valence-electron chi connectivity index (χ4n) is 4.79. The fourth-order valence-corrected chi connectivity index (χ4v) is 6.04. The molecule has 0 spiro atoms. The molecule has 3 N–H and O–H groups in total. The van der Waals surface area contributed by atoms with Crippen molar-refractivity contribution >= 4 is 15.9 Å². The number of amides is 1. The molecule has 5 rings (SSSR count). The Balaban J connectivity index is 1.28. The van der Waals surface area contributed by atoms with E-state index >= 15 is 0 Å². The van der Waals surface area contributed by atoms with Crippen LogP contribution in [0.15, 0.2) is 108 Å². The lowest BCUT2D eigenvalue weighted by atomic mass is 9.98. The molecule has 1 atom stereocenters. The summed E-state index contributed by atoms with van der Waals surface area (Å²) in [4.78, 5) is 15.4. The van der Waals surface area contributed by atoms with Crippen LogP contribution in [0.4, 0.5) is 0 Å². The summed E-state index contributed by atoms with van der Waals surface area (Å²) in [5, 5.41) is 17.0. The number of nitrogens with one attached hydrogen (secondary N) is 3. The van der Waals surface area contributed by atoms with Crippen molar-refractivity contribution in [3.63, 3.8) is 0 Å². The maximum absolute atomic E-state index is 13.4. The molecular formula is C33H35N7O4S. The summed E-state index contributed by atoms with van der Waals surface area (Å²) >= 11 is 0. The van der Waals surface area contributed by atoms with Gasteiger partial charge in [0.25, 0.3) is 0 Å². The van der Waals surface area contributed by atoms with E-state index < -0.39 is 22.0 Å². The molecule has 1 amide bonds. The quantitative estimate of drug-likeness (QED) is 0.169. The molecule has 0 aliphatic heterocycles. The third kappa shape index (κ3) is 8.67. The minimum absolute atomic E-state index is 0.0830. The van der Waals surface area contributed by atoms with Crippen LogP contribution in [0.3, 0.4) is 0 Å². The highest BCUT2D eigenvalue weighted by molar-refractivity contribution is 7.89. The van der Waals surface area contributed by atoms with Crippen LogP contribution >= 0.6 is 0 Å². The second kappa shape index (κ2) is 14.8. The van der Waals surface area contributed by atoms with Gasteiger partial charge in [-0.05, 0) is 64.5 Å². The lowest BCUT2D eigenvalue weighted by Gasteiger charge is -2.19. The van der Waals surface area contributed by atoms with Gasteiger partial charge in [0.1, 0.15) is 6.04 Å². The number of aromatic amines is 1. The van der Waals surface area contributed by atoms with E-state index in [1.807, 2.05) is 104 Å². The maximum atomic E-state index is 13.4. The Morgan fingerprint density at radius 1 is 0.867 bits per heavy atom. The van der Waals surface area contributed by atoms with Crippen molar-refractivity contribution in [3.8, 4) is 22.5 Å². The smallest absolute Gasteiger partial charge is 0.241 e. The van der Waals surface area contributed by atoms with Crippen LogP contribution < -0.4 is 10.0 Å². The van der Waals surface area contributed by atoms with Gasteiger partial charge in [0.15, 0.2) is 5.82 Å². The predicted octanol–water partition coefficient (Wildman–Crippen LogP) is 3.78. The number of aromatic nitrogens is 4. The number of carbonyl (C=O) groups excluding carboxylic acids is 1. The summed E-state index contributed by atoms with van der Waals surface area (Å²) in [7, 11) is -0.207. The lowest BCUT2D eigenvalue weighted by molar-refractivity contribution is -0.124. The van der Waals surface area contributed by atoms with Crippen molar-refractivity contribution in [3.05, 3.63) is 120 Å². The molecule has 0 fully saturated rings. The molecular weight excluding hydrogens is 590 g/mol. The van der Waals surface area contributed by atoms with E-state index in [1.54, 1.807) is 12.1 Å². The van der Waals surface area contributed by atoms with E-state index in [9.17, 15) is 13.2 Å². The minimum Gasteiger partial charge on any atom is -0.375 e. The molecule has 4 aromatic carbocycles. The first-order valence-corrected chi connectivity index (χ1v) is 15.8. The van der Waals surface area contributed by atoms with Gasteiger partial charge in [-0.1, -0.05) is 91.0 Å². The third-order valence-electron chi connectivity index (χ3n) is 6.98. The second-order valence-corrected chi connectivity index (χ2v) is 12.5. The zero-order valence-electron chi connectivity index (χ0n) is 25.1. The number of tetrazole rings is 1. The number of rotatable bonds is 14. The van der Waals surface area contributed by atoms with Gasteiger partial charge >= 0.3 is 0 Å². The molecule has 5 aromatic rings. The van der Waals surface area contributed by atoms with E-state index in [-0.39, 0.29) is 24.7 Å². The average molecular weight is 626 g/mol. The van der Waals surface area contributed by atoms with Gasteiger partial charge in [0.2, 0.25) is 15.9 Å². The summed E-state index contributed by atoms with van der Waals surface area (Å²) in [6, 6.07) is 30.5. The molecule has 1 aromatic heterocycles. The molecule has 1 unspecified atom stereocenters. The topological polar surface area (TPSA) is 142 Å². The Kier molecular flexibility index (Phi) is 10.4. The van der Waals surface area contributed by atoms with Gasteiger partial charge < -0.3 is 15.0 Å². The molecule has 12 heteroatoms. The van der Waals surface area contributed by atoms with Crippen LogP contribution in [0.5, 0.6) is 0 Å². The van der Waals surface area contributed by atoms with Crippen LogP contribution in [0.1, 0.15) is 16.7 Å². The van der Waals surface area contributed by atoms with E-state index in [4.69, 9.17) is 4.74 Å². The average Bonchev–Trinajstić information content (AvgIpc) is 3.59. The summed E-state index contributed by atoms with van der Waals surface area (Å²) in [5.74, 6) is 0.0673. The Morgan fingerprint density at radius 2 is 1.58 bits per heavy atom. The highest BCUT2D eigenvalue weighted by atomic mass is 32.2. The van der Waals surface area contributed by atoms with Crippen LogP contribution in [0.25, 0.3) is 22.5 Å². The summed E-state index contributed by atoms with van der Waals surface area (Å²) in [6.45, 7) is 0.860. The Bertz CT molecular complexity index is 1800. The number of hydrogen-bond acceptors (Lipinski definition) is 8. The Morgan fingerprint density at radius 3 is 2.29 bits per heavy atom. The van der Waals surface area contributed by atoms with Gasteiger partial charge in [-0.25, -0.2) is 13.5 Å². The highest BCUT2D eigenvalue weighted by Gasteiger charge is 2.26. The molecule has 1 heterocycles. The highest BCUT2D eigenvalue weighted by Crippen LogP contribution is 2.29. The number of nitrogens with zero attached hydrogens (tertiary/aromatic N) is 4. The predicted molar refractivity (Wildman–Crippen MR) is 171 cm³/mol. The van der Waals surface area contributed by atoms with Gasteiger partial charge in [0.05, 0.1) is 18.1 Å². The standard InChI is InChI=1S/C33H35N7O4S/c1-40(2)21-26-11-8-12-28(19-26)45(42,43)37-31(23-44-22-25-9-4-3-5-10-25)33(41)34-20-24-15-17-27(18-16-24)29-13-6-7-14-30(29)32-35-38-39-36-32/h3-19,31,37H,20-23H2,1-2H3,(H,34,41)(H,35,36,38,39). The van der Waals surface area contributed by atoms with E-state index in [1.165, 1.54) is 6.07 Å². The normalized spacial score (nSPS) is 12.2. The van der Waals surface area contributed by atoms with Crippen LogP contribution in [0, 0.1) is 0 Å². The number of benzene rings is 4. The lowest BCUT2D eigenvalue weighted by Crippen LogP contribution is -2.49. The van der Waals surface area contributed by atoms with E-state index in [0.29, 0.717) is 12.4 Å². The number of carbonyl (C=O) groups is 1. The van der Waals surface area contributed by atoms with Crippen molar-refractivity contribution < 1.29 is 17.9 Å². The molecule has 0 saturated heterocycles. The zero-order chi connectivity index (χ0) is 31.6. The molecule has 0 aliphatic rings. The van der Waals surface area contributed by atoms with Crippen molar-refractivity contribution in [1.29, 1.82) is 0 Å². The maximum Gasteiger partial charge on any atom is 0.241 e. The zero-order valence-corrected chi connectivity index (χ0v) is 25.9. The number of sulfonamides is 1. The first-order valence-electron chi connectivity index (χ1n) is 14.4. The van der Waals surface area contributed by atoms with Gasteiger partial charge in [-0.15, -0.1) is 5.10 Å². The van der Waals surface area contributed by atoms with Crippen molar-refractivity contribution in [2.24, 2.45) is 0 Å². The van der Waals surface area contributed by atoms with Gasteiger partial charge in [0, 0.05) is 18.7 Å². The van der Waals surface area contributed by atoms with Crippen LogP contribution in [-0.4, -0.2) is 66.6 Å². The van der Waals surface area contributed by atoms with Gasteiger partial charge in [-0.2, -0.15) is 4.72 Å². The van der Waals surface area contributed by atoms with Crippen molar-refractivity contribution in [2.45, 2.75) is 30.6 Å². The first kappa shape index (κ1) is 31.7. The molecule has 0 bridgehead atoms. The summed E-state index contributed by atoms with van der Waals surface area (Å²) in [6.07, 6.45) is 0. The van der Waals surface area contributed by atoms with E-state index in [2.05, 4.69) is 30.7 Å². The van der Waals surface area contributed by atoms with Crippen LogP contribution in [-0.2, 0) is 39.3 Å². The fraction of sp³-hybridized carbons (Fsp3) is 0.212. The first-order chi connectivity index (χ1) is 21.8. The van der Waals surface area contributed by atoms with E-state index in [0.717, 1.165) is 33.4 Å². The molecule has 0 aliphatic carbocycles. The Labute approximate surface area is 262 Å². The monoisotopic (exact) mass is 625 g/mol. The molecule has 0 radical (unpaired) electrons. The van der Waals surface area contributed by atoms with Crippen molar-refractivity contribution in [2.75, 3.05) is 20.7 Å². The minimum atomic E-state index is -4.03. The molecule has 11 nitrogen and oxygen atoms in total. The van der Waals surface area contributed by atoms with Gasteiger partial charge in [-0.3, -0.25) is 4.79 Å². The van der Waals surface area contributed by atoms with Crippen LogP contribution in [0.2, 0.25) is 0 Å². The molecule has 0 saturated carbocycles. The summed E-state index contributed by atoms with van der Waals surface area (Å²) < 4.78 is 35.2. The largest absolute Gasteiger partial charge is 0.375 e. The van der Waals surface area contributed by atoms with Crippen molar-refractivity contribution in [1.82, 2.24) is 35.6 Å². The number of H-pyrrole nitrogens is 1. The second-order valence-electron chi connectivity index (χ2n) is 10.8.